The zero-order chi connectivity index (χ0) is 13.2. The summed E-state index contributed by atoms with van der Waals surface area (Å²) in [6.07, 6.45) is 0.795. The van der Waals surface area contributed by atoms with Crippen molar-refractivity contribution in [3.05, 3.63) is 48.2 Å². The van der Waals surface area contributed by atoms with Crippen LogP contribution in [0.1, 0.15) is 10.5 Å². The number of methoxy groups -OCH3 is 1. The summed E-state index contributed by atoms with van der Waals surface area (Å²) in [6, 6.07) is 12.8. The van der Waals surface area contributed by atoms with Crippen LogP contribution in [0.2, 0.25) is 0 Å². The summed E-state index contributed by atoms with van der Waals surface area (Å²) >= 11 is 0. The minimum atomic E-state index is 0.522. The summed E-state index contributed by atoms with van der Waals surface area (Å²) < 4.78 is 6.85. The van der Waals surface area contributed by atoms with Gasteiger partial charge in [0.2, 0.25) is 0 Å². The molecule has 1 aromatic carbocycles. The molecule has 5 nitrogen and oxygen atoms in total. The van der Waals surface area contributed by atoms with E-state index in [0.29, 0.717) is 17.2 Å². The number of aromatic nitrogens is 3. The zero-order valence-corrected chi connectivity index (χ0v) is 10.3. The second kappa shape index (κ2) is 4.53. The summed E-state index contributed by atoms with van der Waals surface area (Å²) in [4.78, 5) is 11.1. The molecule has 94 valence electrons. The Morgan fingerprint density at radius 2 is 1.89 bits per heavy atom. The molecule has 0 N–H and O–H groups in total. The first kappa shape index (κ1) is 11.4. The fourth-order valence-corrected chi connectivity index (χ4v) is 1.99. The van der Waals surface area contributed by atoms with Gasteiger partial charge in [-0.25, -0.2) is 0 Å². The van der Waals surface area contributed by atoms with Gasteiger partial charge in [0.1, 0.15) is 5.75 Å². The normalized spacial score (nSPS) is 10.6. The van der Waals surface area contributed by atoms with Crippen LogP contribution in [0.25, 0.3) is 17.0 Å². The Hall–Kier alpha value is -2.69. The molecule has 3 rings (SSSR count). The van der Waals surface area contributed by atoms with Crippen LogP contribution in [-0.2, 0) is 0 Å². The van der Waals surface area contributed by atoms with Gasteiger partial charge < -0.3 is 4.74 Å². The number of pyridine rings is 1. The van der Waals surface area contributed by atoms with Crippen molar-refractivity contribution in [2.75, 3.05) is 7.11 Å². The highest BCUT2D eigenvalue weighted by molar-refractivity contribution is 5.76. The molecular weight excluding hydrogens is 242 g/mol. The fraction of sp³-hybridized carbons (Fsp3) is 0.0714. The number of hydrogen-bond donors (Lipinski definition) is 0. The van der Waals surface area contributed by atoms with E-state index in [-0.39, 0.29) is 0 Å². The van der Waals surface area contributed by atoms with Crippen LogP contribution < -0.4 is 4.74 Å². The SMILES string of the molecule is COc1ccc(-c2nnc3cccc(C=O)n23)cc1. The van der Waals surface area contributed by atoms with Crippen LogP contribution in [0, 0.1) is 0 Å². The highest BCUT2D eigenvalue weighted by Crippen LogP contribution is 2.22. The number of hydrogen-bond acceptors (Lipinski definition) is 4. The predicted octanol–water partition coefficient (Wildman–Crippen LogP) is 2.22. The molecule has 0 fully saturated rings. The van der Waals surface area contributed by atoms with Gasteiger partial charge in [0.05, 0.1) is 12.8 Å². The summed E-state index contributed by atoms with van der Waals surface area (Å²) in [5, 5.41) is 8.21. The van der Waals surface area contributed by atoms with Crippen LogP contribution >= 0.6 is 0 Å². The van der Waals surface area contributed by atoms with E-state index in [1.807, 2.05) is 30.3 Å². The highest BCUT2D eigenvalue weighted by Gasteiger charge is 2.10. The standard InChI is InChI=1S/C14H11N3O2/c1-19-12-7-5-10(6-8-12)14-16-15-13-4-2-3-11(9-18)17(13)14/h2-9H,1H3. The van der Waals surface area contributed by atoms with Gasteiger partial charge in [-0.1, -0.05) is 6.07 Å². The lowest BCUT2D eigenvalue weighted by molar-refractivity contribution is 0.111. The topological polar surface area (TPSA) is 56.5 Å². The first-order chi connectivity index (χ1) is 9.33. The maximum absolute atomic E-state index is 11.1. The van der Waals surface area contributed by atoms with Crippen molar-refractivity contribution >= 4 is 11.9 Å². The van der Waals surface area contributed by atoms with E-state index < -0.39 is 0 Å². The Morgan fingerprint density at radius 1 is 1.11 bits per heavy atom. The molecule has 0 spiro atoms. The predicted molar refractivity (Wildman–Crippen MR) is 70.4 cm³/mol. The number of carbonyl (C=O) groups is 1. The number of fused-ring (bicyclic) bond motifs is 1. The van der Waals surface area contributed by atoms with Crippen molar-refractivity contribution < 1.29 is 9.53 Å². The third-order valence-electron chi connectivity index (χ3n) is 2.93. The lowest BCUT2D eigenvalue weighted by Crippen LogP contribution is -1.97. The first-order valence-corrected chi connectivity index (χ1v) is 5.77. The van der Waals surface area contributed by atoms with Crippen LogP contribution in [-0.4, -0.2) is 28.0 Å². The first-order valence-electron chi connectivity index (χ1n) is 5.77. The van der Waals surface area contributed by atoms with Crippen molar-refractivity contribution in [3.63, 3.8) is 0 Å². The largest absolute Gasteiger partial charge is 0.497 e. The molecule has 2 aromatic heterocycles. The summed E-state index contributed by atoms with van der Waals surface area (Å²) in [5.41, 5.74) is 2.05. The molecule has 3 aromatic rings. The quantitative estimate of drug-likeness (QED) is 0.671. The second-order valence-corrected chi connectivity index (χ2v) is 4.01. The van der Waals surface area contributed by atoms with Gasteiger partial charge in [-0.3, -0.25) is 9.20 Å². The molecule has 0 aliphatic carbocycles. The number of benzene rings is 1. The minimum Gasteiger partial charge on any atom is -0.497 e. The number of aldehydes is 1. The van der Waals surface area contributed by atoms with Crippen molar-refractivity contribution in [1.82, 2.24) is 14.6 Å². The van der Waals surface area contributed by atoms with Crippen LogP contribution in [0.3, 0.4) is 0 Å². The Labute approximate surface area is 109 Å². The number of rotatable bonds is 3. The van der Waals surface area contributed by atoms with E-state index in [1.165, 1.54) is 0 Å². The van der Waals surface area contributed by atoms with Gasteiger partial charge in [-0.15, -0.1) is 10.2 Å². The maximum atomic E-state index is 11.1. The third-order valence-corrected chi connectivity index (χ3v) is 2.93. The van der Waals surface area contributed by atoms with Crippen molar-refractivity contribution in [2.45, 2.75) is 0 Å². The van der Waals surface area contributed by atoms with E-state index in [0.717, 1.165) is 17.6 Å². The van der Waals surface area contributed by atoms with E-state index >= 15 is 0 Å². The molecule has 5 heteroatoms. The number of carbonyl (C=O) groups excluding carboxylic acids is 1. The molecule has 0 radical (unpaired) electrons. The van der Waals surface area contributed by atoms with Crippen LogP contribution in [0.4, 0.5) is 0 Å². The number of ether oxygens (including phenoxy) is 1. The Bertz CT molecular complexity index is 732. The van der Waals surface area contributed by atoms with Gasteiger partial charge in [-0.2, -0.15) is 0 Å². The average Bonchev–Trinajstić information content (AvgIpc) is 2.91. The molecule has 0 saturated heterocycles. The second-order valence-electron chi connectivity index (χ2n) is 4.01. The minimum absolute atomic E-state index is 0.522. The molecule has 2 heterocycles. The number of nitrogens with zero attached hydrogens (tertiary/aromatic N) is 3. The summed E-state index contributed by atoms with van der Waals surface area (Å²) in [5.74, 6) is 1.41. The Kier molecular flexibility index (Phi) is 2.72. The molecule has 0 amide bonds. The maximum Gasteiger partial charge on any atom is 0.168 e. The van der Waals surface area contributed by atoms with Gasteiger partial charge >= 0.3 is 0 Å². The molecule has 0 bridgehead atoms. The van der Waals surface area contributed by atoms with Gasteiger partial charge in [0.15, 0.2) is 17.8 Å². The monoisotopic (exact) mass is 253 g/mol. The molecular formula is C14H11N3O2. The van der Waals surface area contributed by atoms with E-state index in [2.05, 4.69) is 10.2 Å². The molecule has 0 aliphatic rings. The molecule has 0 unspecified atom stereocenters. The smallest absolute Gasteiger partial charge is 0.168 e. The van der Waals surface area contributed by atoms with Gasteiger partial charge in [0.25, 0.3) is 0 Å². The molecule has 0 aliphatic heterocycles. The Morgan fingerprint density at radius 3 is 2.58 bits per heavy atom. The highest BCUT2D eigenvalue weighted by atomic mass is 16.5. The van der Waals surface area contributed by atoms with Crippen LogP contribution in [0.5, 0.6) is 5.75 Å². The Balaban J connectivity index is 2.21. The molecule has 0 saturated carbocycles. The lowest BCUT2D eigenvalue weighted by Gasteiger charge is -2.04. The molecule has 0 atom stereocenters. The summed E-state index contributed by atoms with van der Waals surface area (Å²) in [6.45, 7) is 0. The van der Waals surface area contributed by atoms with Crippen molar-refractivity contribution in [1.29, 1.82) is 0 Å². The van der Waals surface area contributed by atoms with E-state index in [9.17, 15) is 4.79 Å². The fourth-order valence-electron chi connectivity index (χ4n) is 1.99. The molecule has 19 heavy (non-hydrogen) atoms. The average molecular weight is 253 g/mol. The summed E-state index contributed by atoms with van der Waals surface area (Å²) in [7, 11) is 1.62. The van der Waals surface area contributed by atoms with E-state index in [1.54, 1.807) is 23.6 Å². The van der Waals surface area contributed by atoms with Gasteiger partial charge in [-0.05, 0) is 36.4 Å². The lowest BCUT2D eigenvalue weighted by atomic mass is 10.2. The van der Waals surface area contributed by atoms with Crippen molar-refractivity contribution in [2.24, 2.45) is 0 Å². The van der Waals surface area contributed by atoms with Crippen LogP contribution in [0.15, 0.2) is 42.5 Å². The van der Waals surface area contributed by atoms with Crippen molar-refractivity contribution in [3.8, 4) is 17.1 Å². The van der Waals surface area contributed by atoms with Gasteiger partial charge in [0, 0.05) is 5.56 Å². The zero-order valence-electron chi connectivity index (χ0n) is 10.3. The third kappa shape index (κ3) is 1.85. The van der Waals surface area contributed by atoms with E-state index in [4.69, 9.17) is 4.74 Å².